The highest BCUT2D eigenvalue weighted by molar-refractivity contribution is 7.99. The van der Waals surface area contributed by atoms with Gasteiger partial charge in [0.1, 0.15) is 4.70 Å². The van der Waals surface area contributed by atoms with E-state index in [-0.39, 0.29) is 17.2 Å². The minimum absolute atomic E-state index is 0.0626. The van der Waals surface area contributed by atoms with Crippen LogP contribution < -0.4 is 10.9 Å². The summed E-state index contributed by atoms with van der Waals surface area (Å²) < 4.78 is 2.24. The van der Waals surface area contributed by atoms with Gasteiger partial charge in [-0.2, -0.15) is 0 Å². The lowest BCUT2D eigenvalue weighted by atomic mass is 10.2. The highest BCUT2D eigenvalue weighted by Crippen LogP contribution is 2.26. The van der Waals surface area contributed by atoms with Crippen molar-refractivity contribution in [3.8, 4) is 0 Å². The number of nitrogens with one attached hydrogen (secondary N) is 1. The van der Waals surface area contributed by atoms with E-state index in [1.54, 1.807) is 10.6 Å². The molecule has 0 radical (unpaired) electrons. The number of halogens is 1. The Morgan fingerprint density at radius 3 is 2.92 bits per heavy atom. The van der Waals surface area contributed by atoms with Gasteiger partial charge in [0, 0.05) is 6.54 Å². The highest BCUT2D eigenvalue weighted by atomic mass is 35.5. The van der Waals surface area contributed by atoms with Crippen LogP contribution in [0.5, 0.6) is 0 Å². The van der Waals surface area contributed by atoms with E-state index in [2.05, 4.69) is 10.3 Å². The maximum Gasteiger partial charge on any atom is 0.272 e. The summed E-state index contributed by atoms with van der Waals surface area (Å²) in [6, 6.07) is 7.27. The molecule has 0 atom stereocenters. The molecule has 1 amide bonds. The summed E-state index contributed by atoms with van der Waals surface area (Å²) in [7, 11) is 0. The zero-order valence-corrected chi connectivity index (χ0v) is 16.1. The molecular weight excluding hydrogens is 378 g/mol. The van der Waals surface area contributed by atoms with Crippen LogP contribution in [0.1, 0.15) is 12.5 Å². The molecular formula is C17H16ClN3O2S2. The molecule has 0 spiro atoms. The number of rotatable bonds is 5. The molecule has 2 aromatic heterocycles. The second kappa shape index (κ2) is 7.59. The molecule has 0 aliphatic heterocycles. The Bertz CT molecular complexity index is 977. The van der Waals surface area contributed by atoms with Crippen molar-refractivity contribution in [2.75, 3.05) is 11.1 Å². The zero-order valence-electron chi connectivity index (χ0n) is 13.7. The van der Waals surface area contributed by atoms with E-state index >= 15 is 0 Å². The van der Waals surface area contributed by atoms with Crippen LogP contribution in [-0.2, 0) is 11.3 Å². The molecule has 0 aliphatic carbocycles. The van der Waals surface area contributed by atoms with E-state index in [1.165, 1.54) is 23.1 Å². The second-order valence-corrected chi connectivity index (χ2v) is 7.61. The molecule has 1 N–H and O–H groups in total. The first kappa shape index (κ1) is 18.0. The number of fused-ring (bicyclic) bond motifs is 1. The number of hydrogen-bond acceptors (Lipinski definition) is 5. The third-order valence-corrected chi connectivity index (χ3v) is 5.85. The predicted molar refractivity (Wildman–Crippen MR) is 105 cm³/mol. The van der Waals surface area contributed by atoms with Gasteiger partial charge in [0.25, 0.3) is 5.56 Å². The van der Waals surface area contributed by atoms with Gasteiger partial charge in [0.05, 0.1) is 22.0 Å². The van der Waals surface area contributed by atoms with E-state index in [1.807, 2.05) is 37.4 Å². The first-order valence-corrected chi connectivity index (χ1v) is 9.91. The van der Waals surface area contributed by atoms with Gasteiger partial charge in [-0.25, -0.2) is 4.98 Å². The molecule has 8 heteroatoms. The third-order valence-electron chi connectivity index (χ3n) is 3.67. The molecule has 130 valence electrons. The summed E-state index contributed by atoms with van der Waals surface area (Å²) in [6.07, 6.45) is 0. The van der Waals surface area contributed by atoms with Gasteiger partial charge in [0.15, 0.2) is 5.16 Å². The number of benzene rings is 1. The van der Waals surface area contributed by atoms with E-state index < -0.39 is 0 Å². The molecule has 3 rings (SSSR count). The van der Waals surface area contributed by atoms with Crippen LogP contribution in [0.15, 0.2) is 39.6 Å². The van der Waals surface area contributed by atoms with Gasteiger partial charge in [-0.15, -0.1) is 11.3 Å². The molecule has 0 aliphatic rings. The van der Waals surface area contributed by atoms with E-state index in [0.29, 0.717) is 32.6 Å². The number of nitrogens with zero attached hydrogens (tertiary/aromatic N) is 2. The van der Waals surface area contributed by atoms with Crippen LogP contribution in [0.25, 0.3) is 10.2 Å². The molecule has 0 saturated carbocycles. The lowest BCUT2D eigenvalue weighted by Crippen LogP contribution is -2.22. The third kappa shape index (κ3) is 3.73. The van der Waals surface area contributed by atoms with Crippen molar-refractivity contribution in [1.29, 1.82) is 0 Å². The fourth-order valence-electron chi connectivity index (χ4n) is 2.41. The average molecular weight is 394 g/mol. The average Bonchev–Trinajstić information content (AvgIpc) is 3.05. The Balaban J connectivity index is 1.78. The summed E-state index contributed by atoms with van der Waals surface area (Å²) in [6.45, 7) is 4.28. The van der Waals surface area contributed by atoms with E-state index in [4.69, 9.17) is 11.6 Å². The molecule has 0 bridgehead atoms. The van der Waals surface area contributed by atoms with Gasteiger partial charge in [0.2, 0.25) is 5.91 Å². The number of thiophene rings is 1. The standard InChI is InChI=1S/C17H16ClN3O2S2/c1-3-21-16(23)15-12(7-8-24-15)19-17(21)25-9-13(22)20-14-10(2)5-4-6-11(14)18/h4-8H,3,9H2,1-2H3,(H,20,22). The van der Waals surface area contributed by atoms with Crippen LogP contribution in [0.4, 0.5) is 5.69 Å². The number of carbonyl (C=O) groups is 1. The second-order valence-electron chi connectivity index (χ2n) is 5.35. The number of para-hydroxylation sites is 1. The number of aromatic nitrogens is 2. The van der Waals surface area contributed by atoms with Gasteiger partial charge in [-0.05, 0) is 36.9 Å². The maximum atomic E-state index is 12.5. The summed E-state index contributed by atoms with van der Waals surface area (Å²) in [5.74, 6) is -0.0456. The van der Waals surface area contributed by atoms with Crippen molar-refractivity contribution in [2.45, 2.75) is 25.5 Å². The first-order chi connectivity index (χ1) is 12.0. The highest BCUT2D eigenvalue weighted by Gasteiger charge is 2.14. The zero-order chi connectivity index (χ0) is 18.0. The maximum absolute atomic E-state index is 12.5. The number of amides is 1. The SMILES string of the molecule is CCn1c(SCC(=O)Nc2c(C)cccc2Cl)nc2ccsc2c1=O. The van der Waals surface area contributed by atoms with Gasteiger partial charge >= 0.3 is 0 Å². The predicted octanol–water partition coefficient (Wildman–Crippen LogP) is 4.17. The fourth-order valence-corrected chi connectivity index (χ4v) is 4.32. The quantitative estimate of drug-likeness (QED) is 0.522. The summed E-state index contributed by atoms with van der Waals surface area (Å²) in [5.41, 5.74) is 2.12. The minimum atomic E-state index is -0.191. The van der Waals surface area contributed by atoms with Crippen LogP contribution >= 0.6 is 34.7 Å². The lowest BCUT2D eigenvalue weighted by Gasteiger charge is -2.11. The Labute approximate surface area is 158 Å². The van der Waals surface area contributed by atoms with E-state index in [9.17, 15) is 9.59 Å². The number of anilines is 1. The Morgan fingerprint density at radius 2 is 2.20 bits per heavy atom. The summed E-state index contributed by atoms with van der Waals surface area (Å²) >= 11 is 8.76. The number of aryl methyl sites for hydroxylation is 1. The molecule has 5 nitrogen and oxygen atoms in total. The molecule has 3 aromatic rings. The fraction of sp³-hybridized carbons (Fsp3) is 0.235. The smallest absolute Gasteiger partial charge is 0.272 e. The number of thioether (sulfide) groups is 1. The monoisotopic (exact) mass is 393 g/mol. The van der Waals surface area contributed by atoms with Crippen molar-refractivity contribution in [3.05, 3.63) is 50.6 Å². The minimum Gasteiger partial charge on any atom is -0.324 e. The van der Waals surface area contributed by atoms with Crippen LogP contribution in [0.2, 0.25) is 5.02 Å². The van der Waals surface area contributed by atoms with Crippen molar-refractivity contribution in [3.63, 3.8) is 0 Å². The molecule has 0 unspecified atom stereocenters. The first-order valence-electron chi connectivity index (χ1n) is 7.67. The van der Waals surface area contributed by atoms with E-state index in [0.717, 1.165) is 5.56 Å². The molecule has 0 fully saturated rings. The number of carbonyl (C=O) groups excluding carboxylic acids is 1. The number of hydrogen-bond donors (Lipinski definition) is 1. The molecule has 2 heterocycles. The van der Waals surface area contributed by atoms with Crippen molar-refractivity contribution in [2.24, 2.45) is 0 Å². The van der Waals surface area contributed by atoms with Gasteiger partial charge in [-0.3, -0.25) is 14.2 Å². The normalized spacial score (nSPS) is 11.0. The summed E-state index contributed by atoms with van der Waals surface area (Å²) in [5, 5.41) is 5.72. The van der Waals surface area contributed by atoms with Crippen molar-refractivity contribution < 1.29 is 4.79 Å². The Morgan fingerprint density at radius 1 is 1.40 bits per heavy atom. The Hall–Kier alpha value is -1.83. The molecule has 1 aromatic carbocycles. The van der Waals surface area contributed by atoms with Crippen molar-refractivity contribution in [1.82, 2.24) is 9.55 Å². The molecule has 0 saturated heterocycles. The largest absolute Gasteiger partial charge is 0.324 e. The topological polar surface area (TPSA) is 64.0 Å². The van der Waals surface area contributed by atoms with Crippen LogP contribution in [-0.4, -0.2) is 21.2 Å². The Kier molecular flexibility index (Phi) is 5.46. The lowest BCUT2D eigenvalue weighted by molar-refractivity contribution is -0.113. The molecule has 25 heavy (non-hydrogen) atoms. The van der Waals surface area contributed by atoms with Gasteiger partial charge in [-0.1, -0.05) is 35.5 Å². The van der Waals surface area contributed by atoms with Crippen LogP contribution in [0.3, 0.4) is 0 Å². The van der Waals surface area contributed by atoms with Gasteiger partial charge < -0.3 is 5.32 Å². The summed E-state index contributed by atoms with van der Waals surface area (Å²) in [4.78, 5) is 29.3. The van der Waals surface area contributed by atoms with Crippen LogP contribution in [0, 0.1) is 6.92 Å². The van der Waals surface area contributed by atoms with Crippen molar-refractivity contribution >= 4 is 56.5 Å².